The van der Waals surface area contributed by atoms with Gasteiger partial charge in [0.15, 0.2) is 0 Å². The molecule has 1 aromatic heterocycles. The van der Waals surface area contributed by atoms with E-state index in [0.717, 1.165) is 58.2 Å². The summed E-state index contributed by atoms with van der Waals surface area (Å²) >= 11 is 0. The topological polar surface area (TPSA) is 56.6 Å². The van der Waals surface area contributed by atoms with Gasteiger partial charge in [-0.05, 0) is 12.1 Å². The summed E-state index contributed by atoms with van der Waals surface area (Å²) in [4.78, 5) is 24.3. The first kappa shape index (κ1) is 24.5. The molecule has 4 rings (SSSR count). The van der Waals surface area contributed by atoms with Crippen molar-refractivity contribution < 1.29 is 4.79 Å². The third-order valence-corrected chi connectivity index (χ3v) is 5.86. The SMILES string of the molecule is Cl.Cl.Cn1ccnc1C1CNCCN1C(=O)CCN1CCN(c2ccccc2)CC1. The maximum Gasteiger partial charge on any atom is 0.224 e. The normalized spacial score (nSPS) is 19.7. The van der Waals surface area contributed by atoms with Crippen LogP contribution in [0.25, 0.3) is 0 Å². The van der Waals surface area contributed by atoms with Gasteiger partial charge in [-0.25, -0.2) is 4.98 Å². The number of anilines is 1. The lowest BCUT2D eigenvalue weighted by Crippen LogP contribution is -2.51. The monoisotopic (exact) mass is 454 g/mol. The number of benzene rings is 1. The number of piperazine rings is 2. The molecule has 0 saturated carbocycles. The van der Waals surface area contributed by atoms with Gasteiger partial charge in [-0.3, -0.25) is 9.69 Å². The largest absolute Gasteiger partial charge is 0.369 e. The molecule has 1 N–H and O–H groups in total. The number of carbonyl (C=O) groups excluding carboxylic acids is 1. The number of hydrogen-bond donors (Lipinski definition) is 1. The third-order valence-electron chi connectivity index (χ3n) is 5.86. The number of amides is 1. The van der Waals surface area contributed by atoms with Crippen molar-refractivity contribution >= 4 is 36.4 Å². The minimum atomic E-state index is 0. The zero-order chi connectivity index (χ0) is 19.3. The Labute approximate surface area is 191 Å². The van der Waals surface area contributed by atoms with Crippen molar-refractivity contribution in [3.05, 3.63) is 48.5 Å². The Morgan fingerprint density at radius 2 is 1.83 bits per heavy atom. The zero-order valence-corrected chi connectivity index (χ0v) is 19.1. The second-order valence-electron chi connectivity index (χ2n) is 7.62. The second-order valence-corrected chi connectivity index (χ2v) is 7.62. The maximum absolute atomic E-state index is 13.0. The summed E-state index contributed by atoms with van der Waals surface area (Å²) in [5.41, 5.74) is 1.29. The van der Waals surface area contributed by atoms with Gasteiger partial charge in [-0.1, -0.05) is 18.2 Å². The van der Waals surface area contributed by atoms with Crippen molar-refractivity contribution in [1.29, 1.82) is 0 Å². The van der Waals surface area contributed by atoms with Crippen LogP contribution in [0.15, 0.2) is 42.7 Å². The molecule has 2 aliphatic rings. The van der Waals surface area contributed by atoms with Crippen LogP contribution in [-0.2, 0) is 11.8 Å². The summed E-state index contributed by atoms with van der Waals surface area (Å²) in [7, 11) is 1.99. The van der Waals surface area contributed by atoms with Crippen LogP contribution in [0.2, 0.25) is 0 Å². The molecule has 1 unspecified atom stereocenters. The van der Waals surface area contributed by atoms with E-state index in [1.54, 1.807) is 6.20 Å². The number of hydrogen-bond acceptors (Lipinski definition) is 5. The molecule has 1 atom stereocenters. The zero-order valence-electron chi connectivity index (χ0n) is 17.4. The number of nitrogens with one attached hydrogen (secondary N) is 1. The van der Waals surface area contributed by atoms with Crippen LogP contribution in [0.4, 0.5) is 5.69 Å². The Morgan fingerprint density at radius 3 is 2.50 bits per heavy atom. The first-order chi connectivity index (χ1) is 13.7. The molecule has 1 amide bonds. The average Bonchev–Trinajstić information content (AvgIpc) is 3.19. The van der Waals surface area contributed by atoms with E-state index >= 15 is 0 Å². The number of aryl methyl sites for hydroxylation is 1. The number of nitrogens with zero attached hydrogens (tertiary/aromatic N) is 5. The number of para-hydroxylation sites is 1. The van der Waals surface area contributed by atoms with Gasteiger partial charge < -0.3 is 19.7 Å². The molecular formula is C21H32Cl2N6O. The third kappa shape index (κ3) is 5.66. The molecule has 2 aromatic rings. The van der Waals surface area contributed by atoms with E-state index in [-0.39, 0.29) is 36.8 Å². The van der Waals surface area contributed by atoms with Gasteiger partial charge in [0.25, 0.3) is 0 Å². The molecule has 30 heavy (non-hydrogen) atoms. The summed E-state index contributed by atoms with van der Waals surface area (Å²) in [6, 6.07) is 10.6. The minimum Gasteiger partial charge on any atom is -0.369 e. The van der Waals surface area contributed by atoms with Gasteiger partial charge in [0.05, 0.1) is 0 Å². The van der Waals surface area contributed by atoms with Crippen molar-refractivity contribution in [2.75, 3.05) is 57.3 Å². The van der Waals surface area contributed by atoms with E-state index in [1.165, 1.54) is 5.69 Å². The summed E-state index contributed by atoms with van der Waals surface area (Å²) in [5, 5.41) is 3.40. The Bertz CT molecular complexity index is 779. The van der Waals surface area contributed by atoms with E-state index in [0.29, 0.717) is 6.42 Å². The van der Waals surface area contributed by atoms with Crippen molar-refractivity contribution in [3.63, 3.8) is 0 Å². The molecule has 0 bridgehead atoms. The lowest BCUT2D eigenvalue weighted by Gasteiger charge is -2.38. The van der Waals surface area contributed by atoms with Crippen LogP contribution in [0.1, 0.15) is 18.3 Å². The number of imidazole rings is 1. The van der Waals surface area contributed by atoms with Gasteiger partial charge in [0.1, 0.15) is 11.9 Å². The predicted molar refractivity (Wildman–Crippen MR) is 125 cm³/mol. The lowest BCUT2D eigenvalue weighted by atomic mass is 10.1. The minimum absolute atomic E-state index is 0. The smallest absolute Gasteiger partial charge is 0.224 e. The molecule has 2 aliphatic heterocycles. The van der Waals surface area contributed by atoms with E-state index in [2.05, 4.69) is 50.4 Å². The van der Waals surface area contributed by atoms with Crippen molar-refractivity contribution in [2.24, 2.45) is 7.05 Å². The number of carbonyl (C=O) groups is 1. The fraction of sp³-hybridized carbons (Fsp3) is 0.524. The molecule has 1 aromatic carbocycles. The quantitative estimate of drug-likeness (QED) is 0.747. The fourth-order valence-electron chi connectivity index (χ4n) is 4.20. The Kier molecular flexibility index (Phi) is 9.42. The van der Waals surface area contributed by atoms with Gasteiger partial charge in [0, 0.05) is 83.9 Å². The van der Waals surface area contributed by atoms with Crippen LogP contribution >= 0.6 is 24.8 Å². The van der Waals surface area contributed by atoms with E-state index in [1.807, 2.05) is 22.7 Å². The average molecular weight is 455 g/mol. The molecule has 0 spiro atoms. The highest BCUT2D eigenvalue weighted by Gasteiger charge is 2.30. The predicted octanol–water partition coefficient (Wildman–Crippen LogP) is 1.95. The van der Waals surface area contributed by atoms with E-state index in [9.17, 15) is 4.79 Å². The highest BCUT2D eigenvalue weighted by atomic mass is 35.5. The summed E-state index contributed by atoms with van der Waals surface area (Å²) in [6.45, 7) is 7.24. The first-order valence-corrected chi connectivity index (χ1v) is 10.2. The van der Waals surface area contributed by atoms with Crippen molar-refractivity contribution in [3.8, 4) is 0 Å². The maximum atomic E-state index is 13.0. The first-order valence-electron chi connectivity index (χ1n) is 10.2. The van der Waals surface area contributed by atoms with E-state index < -0.39 is 0 Å². The van der Waals surface area contributed by atoms with Crippen LogP contribution in [-0.4, -0.2) is 77.6 Å². The van der Waals surface area contributed by atoms with Gasteiger partial charge in [-0.15, -0.1) is 24.8 Å². The molecule has 2 fully saturated rings. The number of aromatic nitrogens is 2. The van der Waals surface area contributed by atoms with Gasteiger partial charge >= 0.3 is 0 Å². The summed E-state index contributed by atoms with van der Waals surface area (Å²) < 4.78 is 2.01. The van der Waals surface area contributed by atoms with Gasteiger partial charge in [0.2, 0.25) is 5.91 Å². The molecular weight excluding hydrogens is 423 g/mol. The molecule has 2 saturated heterocycles. The molecule has 166 valence electrons. The highest BCUT2D eigenvalue weighted by Crippen LogP contribution is 2.21. The number of rotatable bonds is 5. The molecule has 7 nitrogen and oxygen atoms in total. The van der Waals surface area contributed by atoms with Crippen molar-refractivity contribution in [2.45, 2.75) is 12.5 Å². The second kappa shape index (κ2) is 11.6. The van der Waals surface area contributed by atoms with E-state index in [4.69, 9.17) is 0 Å². The molecule has 0 aliphatic carbocycles. The Balaban J connectivity index is 0.00000160. The van der Waals surface area contributed by atoms with Crippen LogP contribution in [0, 0.1) is 0 Å². The van der Waals surface area contributed by atoms with Gasteiger partial charge in [-0.2, -0.15) is 0 Å². The Morgan fingerprint density at radius 1 is 1.10 bits per heavy atom. The summed E-state index contributed by atoms with van der Waals surface area (Å²) in [5.74, 6) is 1.19. The standard InChI is InChI=1S/C21H30N6O.2ClH/c1-24-11-9-23-21(24)19-17-22-8-12-27(19)20(28)7-10-25-13-15-26(16-14-25)18-5-3-2-4-6-18;;/h2-6,9,11,19,22H,7-8,10,12-17H2,1H3;2*1H. The lowest BCUT2D eigenvalue weighted by molar-refractivity contribution is -0.135. The fourth-order valence-corrected chi connectivity index (χ4v) is 4.20. The highest BCUT2D eigenvalue weighted by molar-refractivity contribution is 5.85. The van der Waals surface area contributed by atoms with Crippen LogP contribution < -0.4 is 10.2 Å². The molecule has 3 heterocycles. The Hall–Kier alpha value is -1.80. The van der Waals surface area contributed by atoms with Crippen molar-refractivity contribution in [1.82, 2.24) is 24.7 Å². The molecule has 9 heteroatoms. The molecule has 0 radical (unpaired) electrons. The number of halogens is 2. The van der Waals surface area contributed by atoms with Crippen LogP contribution in [0.5, 0.6) is 0 Å². The van der Waals surface area contributed by atoms with Crippen LogP contribution in [0.3, 0.4) is 0 Å². The summed E-state index contributed by atoms with van der Waals surface area (Å²) in [6.07, 6.45) is 4.32.